The molecule has 1 unspecified atom stereocenters. The Bertz CT molecular complexity index is 464. The monoisotopic (exact) mass is 335 g/mol. The van der Waals surface area contributed by atoms with Crippen LogP contribution >= 0.6 is 34.5 Å². The molecule has 0 bridgehead atoms. The third-order valence-electron chi connectivity index (χ3n) is 2.40. The summed E-state index contributed by atoms with van der Waals surface area (Å²) in [6, 6.07) is 0.652. The van der Waals surface area contributed by atoms with E-state index in [-0.39, 0.29) is 4.34 Å². The molecule has 0 aliphatic heterocycles. The van der Waals surface area contributed by atoms with Crippen molar-refractivity contribution in [3.8, 4) is 0 Å². The Morgan fingerprint density at radius 2 is 2.11 bits per heavy atom. The van der Waals surface area contributed by atoms with Gasteiger partial charge in [-0.05, 0) is 13.0 Å². The van der Waals surface area contributed by atoms with Gasteiger partial charge in [0, 0.05) is 11.6 Å². The standard InChI is InChI=1S/C10H10Cl2F3NO2S/c1-5(6-2-7(11)19-9(6)12)16(3-8(17)18)4-10(13,14)15/h2,5H,3-4H2,1H3,(H,17,18). The first-order chi connectivity index (χ1) is 8.60. The zero-order chi connectivity index (χ0) is 14.8. The predicted molar refractivity (Wildman–Crippen MR) is 68.0 cm³/mol. The van der Waals surface area contributed by atoms with E-state index in [1.165, 1.54) is 13.0 Å². The minimum absolute atomic E-state index is 0.259. The molecule has 0 radical (unpaired) electrons. The number of rotatable bonds is 5. The van der Waals surface area contributed by atoms with Crippen LogP contribution < -0.4 is 0 Å². The number of nitrogens with zero attached hydrogens (tertiary/aromatic N) is 1. The van der Waals surface area contributed by atoms with Gasteiger partial charge < -0.3 is 5.11 Å². The maximum Gasteiger partial charge on any atom is 0.401 e. The Hall–Kier alpha value is -0.500. The number of hydrogen-bond donors (Lipinski definition) is 1. The van der Waals surface area contributed by atoms with Gasteiger partial charge >= 0.3 is 12.1 Å². The highest BCUT2D eigenvalue weighted by atomic mass is 35.5. The topological polar surface area (TPSA) is 40.5 Å². The summed E-state index contributed by atoms with van der Waals surface area (Å²) in [5.41, 5.74) is 0.391. The van der Waals surface area contributed by atoms with Crippen LogP contribution in [0.5, 0.6) is 0 Å². The van der Waals surface area contributed by atoms with E-state index >= 15 is 0 Å². The summed E-state index contributed by atoms with van der Waals surface area (Å²) >= 11 is 12.6. The van der Waals surface area contributed by atoms with Gasteiger partial charge in [0.25, 0.3) is 0 Å². The van der Waals surface area contributed by atoms with Crippen molar-refractivity contribution in [3.05, 3.63) is 20.3 Å². The van der Waals surface area contributed by atoms with Crippen LogP contribution in [0.1, 0.15) is 18.5 Å². The van der Waals surface area contributed by atoms with Crippen LogP contribution in [0.2, 0.25) is 8.67 Å². The van der Waals surface area contributed by atoms with E-state index < -0.39 is 31.3 Å². The fourth-order valence-electron chi connectivity index (χ4n) is 1.57. The van der Waals surface area contributed by atoms with Gasteiger partial charge in [-0.1, -0.05) is 23.2 Å². The van der Waals surface area contributed by atoms with Gasteiger partial charge in [0.1, 0.15) is 0 Å². The Morgan fingerprint density at radius 1 is 1.53 bits per heavy atom. The average Bonchev–Trinajstić information content (AvgIpc) is 2.53. The Balaban J connectivity index is 2.96. The molecular formula is C10H10Cl2F3NO2S. The Labute approximate surface area is 121 Å². The molecule has 1 atom stereocenters. The summed E-state index contributed by atoms with van der Waals surface area (Å²) in [6.45, 7) is -0.603. The van der Waals surface area contributed by atoms with Crippen molar-refractivity contribution in [1.29, 1.82) is 0 Å². The minimum atomic E-state index is -4.49. The van der Waals surface area contributed by atoms with Crippen LogP contribution in [0.15, 0.2) is 6.07 Å². The van der Waals surface area contributed by atoms with Crippen LogP contribution in [-0.4, -0.2) is 35.2 Å². The van der Waals surface area contributed by atoms with Crippen LogP contribution in [0.4, 0.5) is 13.2 Å². The van der Waals surface area contributed by atoms with Crippen molar-refractivity contribution in [2.24, 2.45) is 0 Å². The average molecular weight is 336 g/mol. The lowest BCUT2D eigenvalue weighted by Crippen LogP contribution is -2.39. The molecule has 0 aromatic carbocycles. The van der Waals surface area contributed by atoms with E-state index in [1.807, 2.05) is 0 Å². The molecule has 0 saturated heterocycles. The predicted octanol–water partition coefficient (Wildman–Crippen LogP) is 4.06. The highest BCUT2D eigenvalue weighted by Crippen LogP contribution is 2.37. The van der Waals surface area contributed by atoms with Gasteiger partial charge in [-0.3, -0.25) is 9.69 Å². The Morgan fingerprint density at radius 3 is 2.47 bits per heavy atom. The molecule has 3 nitrogen and oxygen atoms in total. The quantitative estimate of drug-likeness (QED) is 0.881. The zero-order valence-electron chi connectivity index (χ0n) is 9.67. The fraction of sp³-hybridized carbons (Fsp3) is 0.500. The van der Waals surface area contributed by atoms with E-state index in [0.29, 0.717) is 9.90 Å². The minimum Gasteiger partial charge on any atom is -0.480 e. The van der Waals surface area contributed by atoms with Crippen molar-refractivity contribution in [2.45, 2.75) is 19.1 Å². The SMILES string of the molecule is CC(c1cc(Cl)sc1Cl)N(CC(=O)O)CC(F)(F)F. The molecule has 1 aromatic rings. The van der Waals surface area contributed by atoms with Crippen LogP contribution in [-0.2, 0) is 4.79 Å². The lowest BCUT2D eigenvalue weighted by atomic mass is 10.1. The van der Waals surface area contributed by atoms with Crippen molar-refractivity contribution in [2.75, 3.05) is 13.1 Å². The van der Waals surface area contributed by atoms with E-state index in [4.69, 9.17) is 28.3 Å². The Kier molecular flexibility index (Phi) is 5.49. The molecule has 1 aromatic heterocycles. The number of alkyl halides is 3. The summed E-state index contributed by atoms with van der Waals surface area (Å²) in [4.78, 5) is 11.4. The van der Waals surface area contributed by atoms with Gasteiger partial charge in [-0.2, -0.15) is 13.2 Å². The maximum atomic E-state index is 12.4. The zero-order valence-corrected chi connectivity index (χ0v) is 12.0. The summed E-state index contributed by atoms with van der Waals surface area (Å²) in [7, 11) is 0. The second-order valence-electron chi connectivity index (χ2n) is 3.87. The van der Waals surface area contributed by atoms with E-state index in [9.17, 15) is 18.0 Å². The second-order valence-corrected chi connectivity index (χ2v) is 6.16. The number of carboxylic acids is 1. The molecule has 108 valence electrons. The summed E-state index contributed by atoms with van der Waals surface area (Å²) in [5.74, 6) is -1.34. The first kappa shape index (κ1) is 16.6. The van der Waals surface area contributed by atoms with E-state index in [1.54, 1.807) is 0 Å². The summed E-state index contributed by atoms with van der Waals surface area (Å²) in [6.07, 6.45) is -4.49. The second kappa shape index (κ2) is 6.30. The van der Waals surface area contributed by atoms with Crippen molar-refractivity contribution < 1.29 is 23.1 Å². The molecule has 0 aliphatic carbocycles. The van der Waals surface area contributed by atoms with Gasteiger partial charge in [0.15, 0.2) is 0 Å². The first-order valence-electron chi connectivity index (χ1n) is 5.07. The molecule has 19 heavy (non-hydrogen) atoms. The normalized spacial score (nSPS) is 13.8. The number of hydrogen-bond acceptors (Lipinski definition) is 3. The number of aliphatic carboxylic acids is 1. The number of carboxylic acid groups (broad SMARTS) is 1. The third kappa shape index (κ3) is 5.18. The lowest BCUT2D eigenvalue weighted by molar-refractivity contribution is -0.157. The first-order valence-corrected chi connectivity index (χ1v) is 6.64. The molecular weight excluding hydrogens is 326 g/mol. The molecule has 0 amide bonds. The molecule has 0 fully saturated rings. The van der Waals surface area contributed by atoms with Gasteiger partial charge in [-0.25, -0.2) is 0 Å². The fourth-order valence-corrected chi connectivity index (χ4v) is 3.20. The van der Waals surface area contributed by atoms with Gasteiger partial charge in [-0.15, -0.1) is 11.3 Å². The number of halogens is 5. The highest BCUT2D eigenvalue weighted by molar-refractivity contribution is 7.20. The number of carbonyl (C=O) groups is 1. The van der Waals surface area contributed by atoms with Crippen molar-refractivity contribution >= 4 is 40.5 Å². The molecule has 1 rings (SSSR count). The maximum absolute atomic E-state index is 12.4. The largest absolute Gasteiger partial charge is 0.480 e. The third-order valence-corrected chi connectivity index (χ3v) is 3.92. The molecule has 9 heteroatoms. The molecule has 1 heterocycles. The van der Waals surface area contributed by atoms with Crippen molar-refractivity contribution in [3.63, 3.8) is 0 Å². The smallest absolute Gasteiger partial charge is 0.401 e. The van der Waals surface area contributed by atoms with E-state index in [0.717, 1.165) is 16.2 Å². The van der Waals surface area contributed by atoms with E-state index in [2.05, 4.69) is 0 Å². The van der Waals surface area contributed by atoms with Crippen molar-refractivity contribution in [1.82, 2.24) is 4.90 Å². The van der Waals surface area contributed by atoms with Gasteiger partial charge in [0.05, 0.1) is 21.8 Å². The van der Waals surface area contributed by atoms with Gasteiger partial charge in [0.2, 0.25) is 0 Å². The highest BCUT2D eigenvalue weighted by Gasteiger charge is 2.34. The molecule has 0 saturated carbocycles. The summed E-state index contributed by atoms with van der Waals surface area (Å²) in [5, 5.41) is 8.69. The summed E-state index contributed by atoms with van der Waals surface area (Å²) < 4.78 is 37.9. The molecule has 1 N–H and O–H groups in total. The lowest BCUT2D eigenvalue weighted by Gasteiger charge is -2.28. The number of thiophene rings is 1. The molecule has 0 aliphatic rings. The van der Waals surface area contributed by atoms with Crippen LogP contribution in [0, 0.1) is 0 Å². The van der Waals surface area contributed by atoms with Crippen LogP contribution in [0.25, 0.3) is 0 Å². The molecule has 0 spiro atoms. The van der Waals surface area contributed by atoms with Crippen LogP contribution in [0.3, 0.4) is 0 Å².